The molecular formula is C29H43BN4O5. The van der Waals surface area contributed by atoms with Crippen molar-refractivity contribution in [2.45, 2.75) is 96.3 Å². The first-order valence-electron chi connectivity index (χ1n) is 14.4. The van der Waals surface area contributed by atoms with Crippen LogP contribution in [0.25, 0.3) is 0 Å². The van der Waals surface area contributed by atoms with Gasteiger partial charge >= 0.3 is 0 Å². The lowest BCUT2D eigenvalue weighted by Gasteiger charge is -2.35. The number of likely N-dealkylation sites (tertiary alicyclic amines) is 1. The second-order valence-electron chi connectivity index (χ2n) is 10.7. The van der Waals surface area contributed by atoms with E-state index in [9.17, 15) is 14.4 Å². The number of aldehydes is 1. The predicted molar refractivity (Wildman–Crippen MR) is 150 cm³/mol. The van der Waals surface area contributed by atoms with Gasteiger partial charge in [0.2, 0.25) is 11.8 Å². The van der Waals surface area contributed by atoms with Crippen molar-refractivity contribution in [1.29, 1.82) is 5.26 Å². The summed E-state index contributed by atoms with van der Waals surface area (Å²) in [5, 5.41) is 14.9. The Hall–Kier alpha value is -2.90. The van der Waals surface area contributed by atoms with E-state index in [1.54, 1.807) is 6.82 Å². The van der Waals surface area contributed by atoms with Gasteiger partial charge in [0.25, 0.3) is 6.71 Å². The molecule has 1 spiro atoms. The second-order valence-corrected chi connectivity index (χ2v) is 10.7. The van der Waals surface area contributed by atoms with E-state index in [0.717, 1.165) is 49.8 Å². The lowest BCUT2D eigenvalue weighted by molar-refractivity contribution is -0.132. The Bertz CT molecular complexity index is 1030. The van der Waals surface area contributed by atoms with Crippen LogP contribution < -0.4 is 15.4 Å². The summed E-state index contributed by atoms with van der Waals surface area (Å²) >= 11 is 0. The number of rotatable bonds is 10. The quantitative estimate of drug-likeness (QED) is 0.345. The Labute approximate surface area is 233 Å². The van der Waals surface area contributed by atoms with Crippen LogP contribution in [0.5, 0.6) is 5.75 Å². The molecule has 2 heterocycles. The van der Waals surface area contributed by atoms with Crippen LogP contribution in [0.3, 0.4) is 0 Å². The molecule has 2 amide bonds. The number of nitrogens with zero attached hydrogens (tertiary/aromatic N) is 2. The molecule has 0 bridgehead atoms. The summed E-state index contributed by atoms with van der Waals surface area (Å²) in [6.07, 6.45) is 6.55. The zero-order valence-electron chi connectivity index (χ0n) is 23.8. The Morgan fingerprint density at radius 2 is 2.03 bits per heavy atom. The van der Waals surface area contributed by atoms with Gasteiger partial charge in [0.05, 0.1) is 31.3 Å². The zero-order valence-corrected chi connectivity index (χ0v) is 23.8. The summed E-state index contributed by atoms with van der Waals surface area (Å²) in [6, 6.07) is 6.83. The molecule has 4 rings (SSSR count). The number of nitrogens with one attached hydrogen (secondary N) is 2. The maximum atomic E-state index is 13.7. The van der Waals surface area contributed by atoms with Crippen molar-refractivity contribution in [2.24, 2.45) is 5.41 Å². The minimum Gasteiger partial charge on any atom is -0.493 e. The smallest absolute Gasteiger partial charge is 0.274 e. The van der Waals surface area contributed by atoms with Gasteiger partial charge in [-0.3, -0.25) is 14.5 Å². The van der Waals surface area contributed by atoms with Gasteiger partial charge in [-0.25, -0.2) is 5.26 Å². The molecule has 39 heavy (non-hydrogen) atoms. The standard InChI is InChI=1S/C27H37BN4O5.C2H6/c1-28(18-29)16-23(34)30-19(17-33)9-13-37-24-15-27(11-5-6-12-27)25(32(24)2)26(35)31-21-10-14-36-22-8-4-3-7-20(21)22;1-2/h3-4,7-8,17,19,21,24-25H,5-6,9-16H2,1-2H3,(H,30,34)(H,31,35);1-2H3/t19?,21?,24-,25+;/m0./s1. The summed E-state index contributed by atoms with van der Waals surface area (Å²) < 4.78 is 12.0. The molecule has 2 aliphatic heterocycles. The molecule has 2 unspecified atom stereocenters. The molecule has 0 radical (unpaired) electrons. The number of carbonyl (C=O) groups is 3. The minimum absolute atomic E-state index is 0.0295. The van der Waals surface area contributed by atoms with Crippen molar-refractivity contribution in [3.63, 3.8) is 0 Å². The van der Waals surface area contributed by atoms with Crippen LogP contribution in [0.2, 0.25) is 13.1 Å². The first-order valence-corrected chi connectivity index (χ1v) is 14.4. The second kappa shape index (κ2) is 14.5. The van der Waals surface area contributed by atoms with E-state index in [1.807, 2.05) is 51.1 Å². The molecule has 1 aromatic carbocycles. The number of hydrogen-bond donors (Lipinski definition) is 2. The molecule has 1 saturated carbocycles. The highest BCUT2D eigenvalue weighted by Gasteiger charge is 2.55. The maximum absolute atomic E-state index is 13.7. The maximum Gasteiger partial charge on any atom is 0.274 e. The number of carbonyl (C=O) groups excluding carboxylic acids is 3. The minimum atomic E-state index is -0.668. The Morgan fingerprint density at radius 1 is 1.31 bits per heavy atom. The van der Waals surface area contributed by atoms with Gasteiger partial charge in [0.1, 0.15) is 18.3 Å². The fourth-order valence-electron chi connectivity index (χ4n) is 6.24. The fourth-order valence-corrected chi connectivity index (χ4v) is 6.24. The summed E-state index contributed by atoms with van der Waals surface area (Å²) in [6.45, 7) is 6.12. The van der Waals surface area contributed by atoms with Crippen LogP contribution in [0.15, 0.2) is 24.3 Å². The first-order chi connectivity index (χ1) is 18.9. The highest BCUT2D eigenvalue weighted by molar-refractivity contribution is 6.68. The van der Waals surface area contributed by atoms with Crippen LogP contribution >= 0.6 is 0 Å². The number of fused-ring (bicyclic) bond motifs is 1. The average molecular weight is 538 g/mol. The summed E-state index contributed by atoms with van der Waals surface area (Å²) in [7, 11) is 1.95. The Balaban J connectivity index is 0.00000205. The predicted octanol–water partition coefficient (Wildman–Crippen LogP) is 3.52. The summed E-state index contributed by atoms with van der Waals surface area (Å²) in [4.78, 5) is 39.3. The first kappa shape index (κ1) is 30.6. The van der Waals surface area contributed by atoms with Gasteiger partial charge in [0.15, 0.2) is 0 Å². The van der Waals surface area contributed by atoms with Crippen LogP contribution in [-0.2, 0) is 19.1 Å². The number of amides is 2. The molecule has 1 aliphatic carbocycles. The summed E-state index contributed by atoms with van der Waals surface area (Å²) in [5.74, 6) is 2.56. The number of likely N-dealkylation sites (N-methyl/N-ethyl adjacent to an activating group) is 1. The van der Waals surface area contributed by atoms with Crippen LogP contribution in [0.4, 0.5) is 0 Å². The van der Waals surface area contributed by atoms with Crippen molar-refractivity contribution >= 4 is 24.8 Å². The Kier molecular flexibility index (Phi) is 11.4. The van der Waals surface area contributed by atoms with Crippen molar-refractivity contribution in [3.8, 4) is 11.7 Å². The molecule has 9 nitrogen and oxygen atoms in total. The number of benzene rings is 1. The topological polar surface area (TPSA) is 121 Å². The molecule has 212 valence electrons. The van der Waals surface area contributed by atoms with Gasteiger partial charge in [-0.2, -0.15) is 0 Å². The highest BCUT2D eigenvalue weighted by atomic mass is 16.5. The molecular weight excluding hydrogens is 495 g/mol. The molecule has 1 aromatic rings. The van der Waals surface area contributed by atoms with Crippen molar-refractivity contribution in [1.82, 2.24) is 15.5 Å². The molecule has 2 N–H and O–H groups in total. The van der Waals surface area contributed by atoms with Gasteiger partial charge < -0.3 is 24.9 Å². The van der Waals surface area contributed by atoms with E-state index in [-0.39, 0.29) is 48.5 Å². The van der Waals surface area contributed by atoms with E-state index in [1.165, 1.54) is 0 Å². The number of hydrogen-bond acceptors (Lipinski definition) is 7. The van der Waals surface area contributed by atoms with Crippen LogP contribution in [0, 0.1) is 16.6 Å². The van der Waals surface area contributed by atoms with Crippen molar-refractivity contribution < 1.29 is 23.9 Å². The van der Waals surface area contributed by atoms with E-state index in [2.05, 4.69) is 15.5 Å². The van der Waals surface area contributed by atoms with Gasteiger partial charge in [-0.05, 0) is 44.2 Å². The van der Waals surface area contributed by atoms with Crippen molar-refractivity contribution in [3.05, 3.63) is 29.8 Å². The number of ether oxygens (including phenoxy) is 2. The summed E-state index contributed by atoms with van der Waals surface area (Å²) in [5.41, 5.74) is 0.891. The van der Waals surface area contributed by atoms with Crippen LogP contribution in [-0.4, -0.2) is 68.3 Å². The number of para-hydroxylation sites is 1. The van der Waals surface area contributed by atoms with Crippen LogP contribution in [0.1, 0.15) is 70.4 Å². The normalized spacial score (nSPS) is 23.8. The number of nitriles is 1. The van der Waals surface area contributed by atoms with Gasteiger partial charge in [-0.1, -0.05) is 51.7 Å². The SMILES string of the molecule is CB(C#N)CC(=O)NC(C=O)CCO[C@H]1CC2(CCCC2)[C@@H](C(=O)NC2CCOc3ccccc32)N1C.CC. The van der Waals surface area contributed by atoms with Gasteiger partial charge in [-0.15, -0.1) is 0 Å². The molecule has 4 atom stereocenters. The zero-order chi connectivity index (χ0) is 28.4. The van der Waals surface area contributed by atoms with Crippen molar-refractivity contribution in [2.75, 3.05) is 20.3 Å². The molecule has 0 aromatic heterocycles. The molecule has 2 fully saturated rings. The van der Waals surface area contributed by atoms with E-state index >= 15 is 0 Å². The largest absolute Gasteiger partial charge is 0.493 e. The third-order valence-corrected chi connectivity index (χ3v) is 8.11. The molecule has 3 aliphatic rings. The monoisotopic (exact) mass is 538 g/mol. The average Bonchev–Trinajstić information content (AvgIpc) is 3.52. The van der Waals surface area contributed by atoms with E-state index < -0.39 is 12.8 Å². The lowest BCUT2D eigenvalue weighted by atomic mass is 9.51. The third kappa shape index (κ3) is 7.40. The highest BCUT2D eigenvalue weighted by Crippen LogP contribution is 2.52. The Morgan fingerprint density at radius 3 is 2.72 bits per heavy atom. The van der Waals surface area contributed by atoms with Gasteiger partial charge in [0, 0.05) is 24.3 Å². The van der Waals surface area contributed by atoms with E-state index in [0.29, 0.717) is 19.3 Å². The van der Waals surface area contributed by atoms with E-state index in [4.69, 9.17) is 14.7 Å². The molecule has 10 heteroatoms. The lowest BCUT2D eigenvalue weighted by Crippen LogP contribution is -2.51. The fraction of sp³-hybridized carbons (Fsp3) is 0.655. The third-order valence-electron chi connectivity index (χ3n) is 8.11. The molecule has 1 saturated heterocycles.